The Labute approximate surface area is 83.6 Å². The number of hydrogen-bond acceptors (Lipinski definition) is 2. The predicted molar refractivity (Wildman–Crippen MR) is 53.4 cm³/mol. The van der Waals surface area contributed by atoms with Crippen LogP contribution in [0.5, 0.6) is 0 Å². The second-order valence-corrected chi connectivity index (χ2v) is 3.07. The van der Waals surface area contributed by atoms with Crippen LogP contribution in [0.25, 0.3) is 6.08 Å². The number of esters is 1. The van der Waals surface area contributed by atoms with Gasteiger partial charge in [0.2, 0.25) is 0 Å². The molecule has 0 spiro atoms. The monoisotopic (exact) mass is 192 g/mol. The number of nitrogens with zero attached hydrogens (tertiary/aromatic N) is 1. The van der Waals surface area contributed by atoms with Crippen molar-refractivity contribution < 1.29 is 14.1 Å². The van der Waals surface area contributed by atoms with E-state index in [1.54, 1.807) is 6.08 Å². The zero-order valence-electron chi connectivity index (χ0n) is 8.65. The molecule has 0 aliphatic heterocycles. The molecule has 0 fully saturated rings. The SMILES string of the molecule is COC(=O)/C=C/c1ccc(C)[n+](C)c1. The van der Waals surface area contributed by atoms with E-state index in [1.807, 2.05) is 36.9 Å². The summed E-state index contributed by atoms with van der Waals surface area (Å²) in [5.41, 5.74) is 2.14. The normalized spacial score (nSPS) is 10.5. The Balaban J connectivity index is 2.83. The smallest absolute Gasteiger partial charge is 0.330 e. The summed E-state index contributed by atoms with van der Waals surface area (Å²) >= 11 is 0. The van der Waals surface area contributed by atoms with Crippen molar-refractivity contribution in [1.82, 2.24) is 0 Å². The summed E-state index contributed by atoms with van der Waals surface area (Å²) in [5.74, 6) is -0.340. The third-order valence-corrected chi connectivity index (χ3v) is 2.03. The molecule has 0 bridgehead atoms. The summed E-state index contributed by atoms with van der Waals surface area (Å²) in [5, 5.41) is 0. The van der Waals surface area contributed by atoms with Gasteiger partial charge < -0.3 is 4.74 Å². The van der Waals surface area contributed by atoms with E-state index in [0.717, 1.165) is 5.56 Å². The molecule has 0 saturated carbocycles. The molecule has 0 saturated heterocycles. The van der Waals surface area contributed by atoms with Crippen LogP contribution in [0.3, 0.4) is 0 Å². The average molecular weight is 192 g/mol. The van der Waals surface area contributed by atoms with Gasteiger partial charge >= 0.3 is 5.97 Å². The highest BCUT2D eigenvalue weighted by Gasteiger charge is 2.00. The fourth-order valence-corrected chi connectivity index (χ4v) is 1.03. The lowest BCUT2D eigenvalue weighted by molar-refractivity contribution is -0.677. The second-order valence-electron chi connectivity index (χ2n) is 3.07. The molecule has 0 atom stereocenters. The Morgan fingerprint density at radius 1 is 1.50 bits per heavy atom. The summed E-state index contributed by atoms with van der Waals surface area (Å²) in [6.45, 7) is 2.02. The van der Waals surface area contributed by atoms with Gasteiger partial charge in [-0.3, -0.25) is 0 Å². The molecule has 1 aromatic rings. The first-order chi connectivity index (χ1) is 6.63. The quantitative estimate of drug-likeness (QED) is 0.397. The van der Waals surface area contributed by atoms with E-state index >= 15 is 0 Å². The number of carbonyl (C=O) groups is 1. The van der Waals surface area contributed by atoms with Gasteiger partial charge in [-0.2, -0.15) is 0 Å². The van der Waals surface area contributed by atoms with E-state index < -0.39 is 0 Å². The molecule has 0 aromatic carbocycles. The Morgan fingerprint density at radius 3 is 2.79 bits per heavy atom. The summed E-state index contributed by atoms with van der Waals surface area (Å²) in [7, 11) is 3.33. The number of aryl methyl sites for hydroxylation is 2. The highest BCUT2D eigenvalue weighted by Crippen LogP contribution is 2.00. The molecule has 14 heavy (non-hydrogen) atoms. The molecule has 0 radical (unpaired) electrons. The Kier molecular flexibility index (Phi) is 3.40. The molecule has 74 valence electrons. The van der Waals surface area contributed by atoms with Crippen LogP contribution in [0.15, 0.2) is 24.4 Å². The van der Waals surface area contributed by atoms with Gasteiger partial charge in [-0.05, 0) is 12.1 Å². The van der Waals surface area contributed by atoms with Crippen LogP contribution in [0.4, 0.5) is 0 Å². The number of aromatic nitrogens is 1. The van der Waals surface area contributed by atoms with Crippen molar-refractivity contribution in [3.63, 3.8) is 0 Å². The Bertz CT molecular complexity index is 370. The van der Waals surface area contributed by atoms with Gasteiger partial charge in [0.1, 0.15) is 7.05 Å². The molecule has 0 unspecified atom stereocenters. The first-order valence-corrected chi connectivity index (χ1v) is 4.36. The number of rotatable bonds is 2. The van der Waals surface area contributed by atoms with Crippen molar-refractivity contribution in [3.8, 4) is 0 Å². The van der Waals surface area contributed by atoms with Gasteiger partial charge in [-0.15, -0.1) is 0 Å². The van der Waals surface area contributed by atoms with Crippen molar-refractivity contribution in [2.75, 3.05) is 7.11 Å². The molecule has 3 nitrogen and oxygen atoms in total. The van der Waals surface area contributed by atoms with Crippen LogP contribution in [0, 0.1) is 6.92 Å². The molecule has 0 aliphatic carbocycles. The molecule has 1 aromatic heterocycles. The zero-order valence-corrected chi connectivity index (χ0v) is 8.65. The summed E-state index contributed by atoms with van der Waals surface area (Å²) in [4.78, 5) is 10.8. The van der Waals surface area contributed by atoms with Crippen molar-refractivity contribution in [2.24, 2.45) is 7.05 Å². The van der Waals surface area contributed by atoms with E-state index in [-0.39, 0.29) is 5.97 Å². The van der Waals surface area contributed by atoms with Crippen LogP contribution >= 0.6 is 0 Å². The van der Waals surface area contributed by atoms with E-state index in [1.165, 1.54) is 18.9 Å². The summed E-state index contributed by atoms with van der Waals surface area (Å²) < 4.78 is 6.49. The van der Waals surface area contributed by atoms with Gasteiger partial charge in [-0.25, -0.2) is 9.36 Å². The molecule has 1 rings (SSSR count). The second kappa shape index (κ2) is 4.56. The minimum Gasteiger partial charge on any atom is -0.466 e. The van der Waals surface area contributed by atoms with Crippen LogP contribution in [-0.4, -0.2) is 13.1 Å². The zero-order chi connectivity index (χ0) is 10.6. The minimum atomic E-state index is -0.340. The third kappa shape index (κ3) is 2.69. The van der Waals surface area contributed by atoms with E-state index in [4.69, 9.17) is 0 Å². The molecule has 0 amide bonds. The fourth-order valence-electron chi connectivity index (χ4n) is 1.03. The largest absolute Gasteiger partial charge is 0.466 e. The van der Waals surface area contributed by atoms with Gasteiger partial charge in [0.25, 0.3) is 0 Å². The Hall–Kier alpha value is -1.64. The Morgan fingerprint density at radius 2 is 2.21 bits per heavy atom. The van der Waals surface area contributed by atoms with Crippen LogP contribution in [0.1, 0.15) is 11.3 Å². The van der Waals surface area contributed by atoms with Crippen molar-refractivity contribution in [1.29, 1.82) is 0 Å². The van der Waals surface area contributed by atoms with Crippen LogP contribution in [-0.2, 0) is 16.6 Å². The van der Waals surface area contributed by atoms with Crippen LogP contribution in [0.2, 0.25) is 0 Å². The van der Waals surface area contributed by atoms with E-state index in [9.17, 15) is 4.79 Å². The molecular weight excluding hydrogens is 178 g/mol. The first-order valence-electron chi connectivity index (χ1n) is 4.36. The van der Waals surface area contributed by atoms with Crippen LogP contribution < -0.4 is 4.57 Å². The highest BCUT2D eigenvalue weighted by molar-refractivity contribution is 5.86. The van der Waals surface area contributed by atoms with Gasteiger partial charge in [0.15, 0.2) is 11.9 Å². The highest BCUT2D eigenvalue weighted by atomic mass is 16.5. The predicted octanol–water partition coefficient (Wildman–Crippen LogP) is 1.01. The maximum Gasteiger partial charge on any atom is 0.330 e. The van der Waals surface area contributed by atoms with E-state index in [0.29, 0.717) is 0 Å². The number of ether oxygens (including phenoxy) is 1. The number of pyridine rings is 1. The molecule has 3 heteroatoms. The maximum absolute atomic E-state index is 10.8. The molecular formula is C11H14NO2+. The lowest BCUT2D eigenvalue weighted by Gasteiger charge is -1.94. The van der Waals surface area contributed by atoms with Gasteiger partial charge in [-0.1, -0.05) is 0 Å². The maximum atomic E-state index is 10.8. The standard InChI is InChI=1S/C11H14NO2/c1-9-4-5-10(8-12(9)2)6-7-11(13)14-3/h4-8H,1-3H3/q+1/b7-6+. The number of hydrogen-bond donors (Lipinski definition) is 0. The van der Waals surface area contributed by atoms with Crippen molar-refractivity contribution in [2.45, 2.75) is 6.92 Å². The number of carbonyl (C=O) groups excluding carboxylic acids is 1. The van der Waals surface area contributed by atoms with E-state index in [2.05, 4.69) is 4.74 Å². The van der Waals surface area contributed by atoms with Crippen molar-refractivity contribution >= 4 is 12.0 Å². The third-order valence-electron chi connectivity index (χ3n) is 2.03. The lowest BCUT2D eigenvalue weighted by Crippen LogP contribution is -2.31. The first kappa shape index (κ1) is 10.4. The molecule has 0 aliphatic rings. The number of methoxy groups -OCH3 is 1. The minimum absolute atomic E-state index is 0.340. The summed E-state index contributed by atoms with van der Waals surface area (Å²) in [6, 6.07) is 3.95. The average Bonchev–Trinajstić information content (AvgIpc) is 2.19. The molecule has 1 heterocycles. The van der Waals surface area contributed by atoms with Gasteiger partial charge in [0.05, 0.1) is 7.11 Å². The topological polar surface area (TPSA) is 30.2 Å². The molecule has 0 N–H and O–H groups in total. The lowest BCUT2D eigenvalue weighted by atomic mass is 10.2. The van der Waals surface area contributed by atoms with Crippen molar-refractivity contribution in [3.05, 3.63) is 35.7 Å². The summed E-state index contributed by atoms with van der Waals surface area (Å²) in [6.07, 6.45) is 5.09. The van der Waals surface area contributed by atoms with Gasteiger partial charge in [0, 0.05) is 24.6 Å². The fraction of sp³-hybridized carbons (Fsp3) is 0.273.